The van der Waals surface area contributed by atoms with Crippen molar-refractivity contribution in [3.8, 4) is 0 Å². The predicted octanol–water partition coefficient (Wildman–Crippen LogP) is 2.91. The van der Waals surface area contributed by atoms with Crippen LogP contribution in [-0.2, 0) is 0 Å². The van der Waals surface area contributed by atoms with E-state index >= 15 is 0 Å². The average molecular weight is 220 g/mol. The van der Waals surface area contributed by atoms with Gasteiger partial charge in [0, 0.05) is 19.2 Å². The Kier molecular flexibility index (Phi) is 4.51. The van der Waals surface area contributed by atoms with Gasteiger partial charge in [-0.25, -0.2) is 0 Å². The summed E-state index contributed by atoms with van der Waals surface area (Å²) in [5.41, 5.74) is 0.783. The van der Waals surface area contributed by atoms with E-state index in [2.05, 4.69) is 4.90 Å². The van der Waals surface area contributed by atoms with Gasteiger partial charge in [-0.2, -0.15) is 0 Å². The van der Waals surface area contributed by atoms with Crippen molar-refractivity contribution < 1.29 is 4.92 Å². The minimum Gasteiger partial charge on any atom is -0.378 e. The fraction of sp³-hybridized carbons (Fsp3) is 0.333. The molecular weight excluding hydrogens is 204 g/mol. The molecule has 0 saturated heterocycles. The van der Waals surface area contributed by atoms with E-state index in [9.17, 15) is 10.1 Å². The van der Waals surface area contributed by atoms with E-state index in [4.69, 9.17) is 0 Å². The fourth-order valence-electron chi connectivity index (χ4n) is 1.41. The summed E-state index contributed by atoms with van der Waals surface area (Å²) in [5, 5.41) is 10.8. The Balaban J connectivity index is 2.92. The minimum absolute atomic E-state index is 0.144. The molecular formula is C12H16N2O2. The van der Waals surface area contributed by atoms with Gasteiger partial charge in [-0.15, -0.1) is 0 Å². The lowest BCUT2D eigenvalue weighted by Crippen LogP contribution is -2.14. The topological polar surface area (TPSA) is 46.4 Å². The van der Waals surface area contributed by atoms with Crippen molar-refractivity contribution in [2.75, 3.05) is 13.1 Å². The third kappa shape index (κ3) is 3.08. The number of benzene rings is 1. The number of para-hydroxylation sites is 1. The molecule has 0 aliphatic heterocycles. The van der Waals surface area contributed by atoms with Crippen molar-refractivity contribution in [1.82, 2.24) is 4.90 Å². The van der Waals surface area contributed by atoms with Crippen molar-refractivity contribution in [2.24, 2.45) is 0 Å². The second kappa shape index (κ2) is 5.90. The van der Waals surface area contributed by atoms with Gasteiger partial charge in [0.25, 0.3) is 5.69 Å². The lowest BCUT2D eigenvalue weighted by atomic mass is 10.2. The third-order valence-corrected chi connectivity index (χ3v) is 2.41. The van der Waals surface area contributed by atoms with Crippen molar-refractivity contribution in [2.45, 2.75) is 13.8 Å². The maximum absolute atomic E-state index is 10.8. The molecule has 0 bridgehead atoms. The molecule has 1 rings (SSSR count). The summed E-state index contributed by atoms with van der Waals surface area (Å²) in [6, 6.07) is 6.74. The number of hydrogen-bond acceptors (Lipinski definition) is 3. The Morgan fingerprint density at radius 1 is 1.31 bits per heavy atom. The van der Waals surface area contributed by atoms with E-state index in [1.165, 1.54) is 6.07 Å². The zero-order chi connectivity index (χ0) is 12.0. The molecule has 0 unspecified atom stereocenters. The van der Waals surface area contributed by atoms with E-state index in [1.54, 1.807) is 24.3 Å². The highest BCUT2D eigenvalue weighted by molar-refractivity contribution is 5.60. The molecule has 0 N–H and O–H groups in total. The van der Waals surface area contributed by atoms with E-state index in [-0.39, 0.29) is 10.6 Å². The SMILES string of the molecule is CCN(/C=C/c1ccccc1[N+](=O)[O-])CC. The van der Waals surface area contributed by atoms with Crippen LogP contribution in [0.5, 0.6) is 0 Å². The van der Waals surface area contributed by atoms with Gasteiger partial charge in [-0.3, -0.25) is 10.1 Å². The molecule has 4 nitrogen and oxygen atoms in total. The van der Waals surface area contributed by atoms with E-state index in [0.717, 1.165) is 13.1 Å². The van der Waals surface area contributed by atoms with Crippen LogP contribution in [-0.4, -0.2) is 22.9 Å². The molecule has 0 radical (unpaired) electrons. The maximum Gasteiger partial charge on any atom is 0.276 e. The van der Waals surface area contributed by atoms with Crippen LogP contribution in [0.2, 0.25) is 0 Å². The molecule has 1 aromatic rings. The summed E-state index contributed by atoms with van der Waals surface area (Å²) >= 11 is 0. The van der Waals surface area contributed by atoms with Gasteiger partial charge in [0.1, 0.15) is 0 Å². The first-order chi connectivity index (χ1) is 7.69. The minimum atomic E-state index is -0.359. The third-order valence-electron chi connectivity index (χ3n) is 2.41. The van der Waals surface area contributed by atoms with Crippen molar-refractivity contribution in [3.63, 3.8) is 0 Å². The van der Waals surface area contributed by atoms with Crippen LogP contribution >= 0.6 is 0 Å². The van der Waals surface area contributed by atoms with Crippen LogP contribution in [0.1, 0.15) is 19.4 Å². The van der Waals surface area contributed by atoms with Gasteiger partial charge in [-0.1, -0.05) is 12.1 Å². The first kappa shape index (κ1) is 12.2. The zero-order valence-corrected chi connectivity index (χ0v) is 9.59. The Morgan fingerprint density at radius 2 is 1.94 bits per heavy atom. The largest absolute Gasteiger partial charge is 0.378 e. The molecule has 0 spiro atoms. The number of hydrogen-bond donors (Lipinski definition) is 0. The van der Waals surface area contributed by atoms with E-state index in [1.807, 2.05) is 20.0 Å². The fourth-order valence-corrected chi connectivity index (χ4v) is 1.41. The van der Waals surface area contributed by atoms with Crippen LogP contribution in [0.4, 0.5) is 5.69 Å². The summed E-state index contributed by atoms with van der Waals surface area (Å²) in [4.78, 5) is 12.5. The molecule has 0 amide bonds. The van der Waals surface area contributed by atoms with Crippen LogP contribution in [0, 0.1) is 10.1 Å². The van der Waals surface area contributed by atoms with Gasteiger partial charge in [0.2, 0.25) is 0 Å². The van der Waals surface area contributed by atoms with Gasteiger partial charge < -0.3 is 4.90 Å². The molecule has 86 valence electrons. The molecule has 0 atom stereocenters. The number of nitrogens with zero attached hydrogens (tertiary/aromatic N) is 2. The van der Waals surface area contributed by atoms with Crippen LogP contribution in [0.15, 0.2) is 30.5 Å². The Labute approximate surface area is 95.3 Å². The molecule has 0 fully saturated rings. The second-order valence-corrected chi connectivity index (χ2v) is 3.35. The lowest BCUT2D eigenvalue weighted by molar-refractivity contribution is -0.385. The summed E-state index contributed by atoms with van der Waals surface area (Å²) in [6.07, 6.45) is 3.67. The van der Waals surface area contributed by atoms with Crippen LogP contribution in [0.3, 0.4) is 0 Å². The van der Waals surface area contributed by atoms with Gasteiger partial charge in [-0.05, 0) is 32.2 Å². The maximum atomic E-state index is 10.8. The van der Waals surface area contributed by atoms with Crippen molar-refractivity contribution in [1.29, 1.82) is 0 Å². The molecule has 0 aromatic heterocycles. The zero-order valence-electron chi connectivity index (χ0n) is 9.59. The lowest BCUT2D eigenvalue weighted by Gasteiger charge is -2.14. The Hall–Kier alpha value is -1.84. The molecule has 0 heterocycles. The first-order valence-corrected chi connectivity index (χ1v) is 5.34. The monoisotopic (exact) mass is 220 g/mol. The van der Waals surface area contributed by atoms with Gasteiger partial charge in [0.05, 0.1) is 10.5 Å². The summed E-state index contributed by atoms with van der Waals surface area (Å²) < 4.78 is 0. The van der Waals surface area contributed by atoms with Crippen molar-refractivity contribution in [3.05, 3.63) is 46.1 Å². The highest BCUT2D eigenvalue weighted by Gasteiger charge is 2.09. The molecule has 1 aromatic carbocycles. The predicted molar refractivity (Wildman–Crippen MR) is 65.1 cm³/mol. The van der Waals surface area contributed by atoms with Gasteiger partial charge in [0.15, 0.2) is 0 Å². The summed E-state index contributed by atoms with van der Waals surface area (Å²) in [7, 11) is 0. The smallest absolute Gasteiger partial charge is 0.276 e. The molecule has 16 heavy (non-hydrogen) atoms. The molecule has 0 aliphatic carbocycles. The Morgan fingerprint density at radius 3 is 2.50 bits per heavy atom. The number of nitro benzene ring substituents is 1. The quantitative estimate of drug-likeness (QED) is 0.566. The first-order valence-electron chi connectivity index (χ1n) is 5.34. The highest BCUT2D eigenvalue weighted by Crippen LogP contribution is 2.19. The van der Waals surface area contributed by atoms with Crippen molar-refractivity contribution >= 4 is 11.8 Å². The van der Waals surface area contributed by atoms with E-state index < -0.39 is 0 Å². The molecule has 0 aliphatic rings. The normalized spacial score (nSPS) is 10.6. The number of nitro groups is 1. The molecule has 0 saturated carbocycles. The Bertz CT molecular complexity index is 384. The van der Waals surface area contributed by atoms with Crippen LogP contribution < -0.4 is 0 Å². The van der Waals surface area contributed by atoms with Gasteiger partial charge >= 0.3 is 0 Å². The van der Waals surface area contributed by atoms with E-state index in [0.29, 0.717) is 5.56 Å². The standard InChI is InChI=1S/C12H16N2O2/c1-3-13(4-2)10-9-11-7-5-6-8-12(11)14(15)16/h5-10H,3-4H2,1-2H3/b10-9+. The number of rotatable bonds is 5. The van der Waals surface area contributed by atoms with Crippen LogP contribution in [0.25, 0.3) is 6.08 Å². The highest BCUT2D eigenvalue weighted by atomic mass is 16.6. The second-order valence-electron chi connectivity index (χ2n) is 3.35. The summed E-state index contributed by atoms with van der Waals surface area (Å²) in [5.74, 6) is 0. The molecule has 4 heteroatoms. The summed E-state index contributed by atoms with van der Waals surface area (Å²) in [6.45, 7) is 5.89. The average Bonchev–Trinajstić information content (AvgIpc) is 2.30.